The molecule has 3 nitrogen and oxygen atoms in total. The molecule has 0 saturated carbocycles. The summed E-state index contributed by atoms with van der Waals surface area (Å²) in [6, 6.07) is 3.72. The quantitative estimate of drug-likeness (QED) is 0.783. The van der Waals surface area contributed by atoms with Crippen LogP contribution in [0.2, 0.25) is 5.02 Å². The number of hydrogen-bond donors (Lipinski definition) is 1. The maximum Gasteiger partial charge on any atom is 0.256 e. The first-order valence-electron chi connectivity index (χ1n) is 7.44. The highest BCUT2D eigenvalue weighted by atomic mass is 35.5. The predicted octanol–water partition coefficient (Wildman–Crippen LogP) is 4.48. The molecule has 0 fully saturated rings. The molecule has 2 aliphatic rings. The van der Waals surface area contributed by atoms with Crippen LogP contribution in [0.15, 0.2) is 12.1 Å². The minimum Gasteiger partial charge on any atom is -0.321 e. The highest BCUT2D eigenvalue weighted by Gasteiger charge is 2.26. The average molecular weight is 331 g/mol. The van der Waals surface area contributed by atoms with Gasteiger partial charge in [-0.15, -0.1) is 11.3 Å². The van der Waals surface area contributed by atoms with E-state index in [0.29, 0.717) is 10.6 Å². The van der Waals surface area contributed by atoms with E-state index in [1.807, 2.05) is 25.1 Å². The standard InChI is InChI=1S/C17H15ClN2OS/c1-9-6-10(18)7-11-12(17(21)20-16(9)11)8-15-19-13-4-2-3-5-14(13)22-15/h6-8H,2-5H2,1H3,(H,20,21). The van der Waals surface area contributed by atoms with Gasteiger partial charge in [0.05, 0.1) is 17.0 Å². The Bertz CT molecular complexity index is 799. The third kappa shape index (κ3) is 2.27. The molecule has 0 spiro atoms. The van der Waals surface area contributed by atoms with Crippen molar-refractivity contribution in [1.82, 2.24) is 4.98 Å². The van der Waals surface area contributed by atoms with Crippen molar-refractivity contribution < 1.29 is 4.79 Å². The zero-order chi connectivity index (χ0) is 15.3. The van der Waals surface area contributed by atoms with Crippen molar-refractivity contribution in [2.24, 2.45) is 0 Å². The zero-order valence-corrected chi connectivity index (χ0v) is 13.8. The fourth-order valence-corrected chi connectivity index (χ4v) is 4.49. The predicted molar refractivity (Wildman–Crippen MR) is 91.4 cm³/mol. The smallest absolute Gasteiger partial charge is 0.256 e. The van der Waals surface area contributed by atoms with Crippen LogP contribution in [-0.2, 0) is 17.6 Å². The Hall–Kier alpha value is -1.65. The molecule has 1 aliphatic heterocycles. The summed E-state index contributed by atoms with van der Waals surface area (Å²) in [7, 11) is 0. The second-order valence-corrected chi connectivity index (χ2v) is 7.34. The Morgan fingerprint density at radius 3 is 2.95 bits per heavy atom. The number of carbonyl (C=O) groups excluding carboxylic acids is 1. The number of rotatable bonds is 1. The number of carbonyl (C=O) groups is 1. The first-order valence-corrected chi connectivity index (χ1v) is 8.63. The number of aromatic nitrogens is 1. The first kappa shape index (κ1) is 14.0. The maximum absolute atomic E-state index is 12.3. The molecule has 1 aromatic heterocycles. The Morgan fingerprint density at radius 1 is 1.32 bits per heavy atom. The molecular formula is C17H15ClN2OS. The van der Waals surface area contributed by atoms with Gasteiger partial charge in [-0.2, -0.15) is 0 Å². The summed E-state index contributed by atoms with van der Waals surface area (Å²) in [4.78, 5) is 18.4. The fraction of sp³-hybridized carbons (Fsp3) is 0.294. The number of benzene rings is 1. The number of thiazole rings is 1. The van der Waals surface area contributed by atoms with Gasteiger partial charge in [-0.25, -0.2) is 4.98 Å². The van der Waals surface area contributed by atoms with Crippen LogP contribution < -0.4 is 5.32 Å². The molecule has 2 heterocycles. The van der Waals surface area contributed by atoms with Crippen LogP contribution in [0.25, 0.3) is 11.6 Å². The highest BCUT2D eigenvalue weighted by molar-refractivity contribution is 7.12. The summed E-state index contributed by atoms with van der Waals surface area (Å²) in [6.07, 6.45) is 6.53. The number of halogens is 1. The second kappa shape index (κ2) is 5.21. The molecule has 1 aromatic carbocycles. The van der Waals surface area contributed by atoms with E-state index >= 15 is 0 Å². The van der Waals surface area contributed by atoms with Gasteiger partial charge in [0.2, 0.25) is 0 Å². The SMILES string of the molecule is Cc1cc(Cl)cc2c1NC(=O)C2=Cc1nc2c(s1)CCCC2. The average Bonchev–Trinajstić information content (AvgIpc) is 3.02. The minimum absolute atomic E-state index is 0.0754. The third-order valence-electron chi connectivity index (χ3n) is 4.20. The molecule has 4 rings (SSSR count). The Balaban J connectivity index is 1.80. The summed E-state index contributed by atoms with van der Waals surface area (Å²) >= 11 is 7.85. The van der Waals surface area contributed by atoms with Crippen LogP contribution in [-0.4, -0.2) is 10.9 Å². The van der Waals surface area contributed by atoms with Crippen LogP contribution >= 0.6 is 22.9 Å². The van der Waals surface area contributed by atoms with Crippen molar-refractivity contribution in [2.75, 3.05) is 5.32 Å². The molecule has 0 radical (unpaired) electrons. The summed E-state index contributed by atoms with van der Waals surface area (Å²) in [5.41, 5.74) is 4.60. The van der Waals surface area contributed by atoms with Crippen LogP contribution in [0.3, 0.4) is 0 Å². The van der Waals surface area contributed by atoms with E-state index in [1.54, 1.807) is 11.3 Å². The van der Waals surface area contributed by atoms with Gasteiger partial charge in [0.15, 0.2) is 0 Å². The van der Waals surface area contributed by atoms with Gasteiger partial charge >= 0.3 is 0 Å². The van der Waals surface area contributed by atoms with Crippen molar-refractivity contribution >= 4 is 46.2 Å². The fourth-order valence-electron chi connectivity index (χ4n) is 3.13. The second-order valence-electron chi connectivity index (χ2n) is 5.79. The topological polar surface area (TPSA) is 42.0 Å². The van der Waals surface area contributed by atoms with Crippen molar-refractivity contribution in [3.8, 4) is 0 Å². The van der Waals surface area contributed by atoms with Crippen LogP contribution in [0.4, 0.5) is 5.69 Å². The number of amides is 1. The van der Waals surface area contributed by atoms with E-state index < -0.39 is 0 Å². The molecule has 1 aliphatic carbocycles. The number of hydrogen-bond acceptors (Lipinski definition) is 3. The lowest BCUT2D eigenvalue weighted by molar-refractivity contribution is -0.110. The zero-order valence-electron chi connectivity index (χ0n) is 12.2. The third-order valence-corrected chi connectivity index (χ3v) is 5.53. The van der Waals surface area contributed by atoms with Crippen molar-refractivity contribution in [3.63, 3.8) is 0 Å². The van der Waals surface area contributed by atoms with Crippen LogP contribution in [0, 0.1) is 6.92 Å². The molecular weight excluding hydrogens is 316 g/mol. The Kier molecular flexibility index (Phi) is 3.31. The van der Waals surface area contributed by atoms with E-state index in [9.17, 15) is 4.79 Å². The molecule has 1 N–H and O–H groups in total. The van der Waals surface area contributed by atoms with Gasteiger partial charge in [0.1, 0.15) is 5.01 Å². The Labute approximate surface area is 138 Å². The Morgan fingerprint density at radius 2 is 2.14 bits per heavy atom. The molecule has 5 heteroatoms. The molecule has 22 heavy (non-hydrogen) atoms. The molecule has 0 bridgehead atoms. The lowest BCUT2D eigenvalue weighted by Crippen LogP contribution is -2.04. The van der Waals surface area contributed by atoms with Crippen molar-refractivity contribution in [1.29, 1.82) is 0 Å². The highest BCUT2D eigenvalue weighted by Crippen LogP contribution is 2.38. The van der Waals surface area contributed by atoms with Gasteiger partial charge in [-0.3, -0.25) is 4.79 Å². The molecule has 112 valence electrons. The van der Waals surface area contributed by atoms with E-state index in [0.717, 1.165) is 34.7 Å². The summed E-state index contributed by atoms with van der Waals surface area (Å²) in [5, 5.41) is 4.51. The lowest BCUT2D eigenvalue weighted by atomic mass is 10.0. The number of nitrogens with zero attached hydrogens (tertiary/aromatic N) is 1. The molecule has 1 amide bonds. The van der Waals surface area contributed by atoms with Gasteiger partial charge in [-0.1, -0.05) is 11.6 Å². The van der Waals surface area contributed by atoms with E-state index in [4.69, 9.17) is 16.6 Å². The molecule has 0 atom stereocenters. The van der Waals surface area contributed by atoms with E-state index in [-0.39, 0.29) is 5.91 Å². The normalized spacial score (nSPS) is 18.3. The minimum atomic E-state index is -0.0754. The van der Waals surface area contributed by atoms with E-state index in [1.165, 1.54) is 23.4 Å². The number of fused-ring (bicyclic) bond motifs is 2. The lowest BCUT2D eigenvalue weighted by Gasteiger charge is -2.06. The summed E-state index contributed by atoms with van der Waals surface area (Å²) in [5.74, 6) is -0.0754. The van der Waals surface area contributed by atoms with Gasteiger partial charge in [0.25, 0.3) is 5.91 Å². The number of aryl methyl sites for hydroxylation is 3. The summed E-state index contributed by atoms with van der Waals surface area (Å²) in [6.45, 7) is 1.95. The summed E-state index contributed by atoms with van der Waals surface area (Å²) < 4.78 is 0. The van der Waals surface area contributed by atoms with Crippen molar-refractivity contribution in [3.05, 3.63) is 43.9 Å². The van der Waals surface area contributed by atoms with Crippen molar-refractivity contribution in [2.45, 2.75) is 32.6 Å². The largest absolute Gasteiger partial charge is 0.321 e. The van der Waals surface area contributed by atoms with Gasteiger partial charge < -0.3 is 5.32 Å². The van der Waals surface area contributed by atoms with Gasteiger partial charge in [-0.05, 0) is 56.4 Å². The number of nitrogens with one attached hydrogen (secondary N) is 1. The van der Waals surface area contributed by atoms with Crippen LogP contribution in [0.5, 0.6) is 0 Å². The molecule has 2 aromatic rings. The maximum atomic E-state index is 12.3. The molecule has 0 unspecified atom stereocenters. The first-order chi connectivity index (χ1) is 10.6. The van der Waals surface area contributed by atoms with Gasteiger partial charge in [0, 0.05) is 15.5 Å². The monoisotopic (exact) mass is 330 g/mol. The van der Waals surface area contributed by atoms with E-state index in [2.05, 4.69) is 5.32 Å². The van der Waals surface area contributed by atoms with Crippen LogP contribution in [0.1, 0.15) is 39.5 Å². The number of anilines is 1. The molecule has 0 saturated heterocycles.